The third-order valence-corrected chi connectivity index (χ3v) is 5.60. The SMILES string of the molecule is O=C1COC2(CCN(Cc3nc4ccccc4s3)CC2)CN1. The number of thiazole rings is 1. The van der Waals surface area contributed by atoms with Gasteiger partial charge in [0, 0.05) is 19.6 Å². The van der Waals surface area contributed by atoms with E-state index in [0.717, 1.165) is 38.0 Å². The maximum absolute atomic E-state index is 11.2. The number of piperidine rings is 1. The van der Waals surface area contributed by atoms with Crippen molar-refractivity contribution in [3.05, 3.63) is 29.3 Å². The largest absolute Gasteiger partial charge is 0.363 e. The van der Waals surface area contributed by atoms with Gasteiger partial charge in [0.2, 0.25) is 5.91 Å². The molecule has 1 aromatic heterocycles. The van der Waals surface area contributed by atoms with E-state index in [-0.39, 0.29) is 18.1 Å². The van der Waals surface area contributed by atoms with Crippen LogP contribution in [0.2, 0.25) is 0 Å². The van der Waals surface area contributed by atoms with Gasteiger partial charge < -0.3 is 10.1 Å². The monoisotopic (exact) mass is 317 g/mol. The summed E-state index contributed by atoms with van der Waals surface area (Å²) in [6.45, 7) is 3.75. The Balaban J connectivity index is 1.38. The lowest BCUT2D eigenvalue weighted by Gasteiger charge is -2.43. The summed E-state index contributed by atoms with van der Waals surface area (Å²) in [6.07, 6.45) is 1.94. The molecule has 2 aromatic rings. The van der Waals surface area contributed by atoms with Crippen LogP contribution in [0.1, 0.15) is 17.8 Å². The van der Waals surface area contributed by atoms with Crippen molar-refractivity contribution in [2.75, 3.05) is 26.2 Å². The smallest absolute Gasteiger partial charge is 0.246 e. The summed E-state index contributed by atoms with van der Waals surface area (Å²) in [4.78, 5) is 18.4. The quantitative estimate of drug-likeness (QED) is 0.917. The number of rotatable bonds is 2. The van der Waals surface area contributed by atoms with Gasteiger partial charge in [-0.15, -0.1) is 11.3 Å². The van der Waals surface area contributed by atoms with Crippen molar-refractivity contribution in [3.8, 4) is 0 Å². The van der Waals surface area contributed by atoms with Crippen LogP contribution in [0.25, 0.3) is 10.2 Å². The second-order valence-corrected chi connectivity index (χ2v) is 7.22. The zero-order chi connectivity index (χ0) is 15.0. The van der Waals surface area contributed by atoms with Gasteiger partial charge in [0.1, 0.15) is 11.6 Å². The van der Waals surface area contributed by atoms with Gasteiger partial charge in [-0.1, -0.05) is 12.1 Å². The number of fused-ring (bicyclic) bond motifs is 1. The van der Waals surface area contributed by atoms with Crippen LogP contribution in [0.3, 0.4) is 0 Å². The summed E-state index contributed by atoms with van der Waals surface area (Å²) in [5, 5.41) is 4.11. The van der Waals surface area contributed by atoms with Gasteiger partial charge in [-0.05, 0) is 25.0 Å². The molecule has 116 valence electrons. The first-order valence-electron chi connectivity index (χ1n) is 7.70. The van der Waals surface area contributed by atoms with Crippen LogP contribution >= 0.6 is 11.3 Å². The fourth-order valence-electron chi connectivity index (χ4n) is 3.20. The lowest BCUT2D eigenvalue weighted by atomic mass is 9.90. The van der Waals surface area contributed by atoms with E-state index in [1.54, 1.807) is 11.3 Å². The lowest BCUT2D eigenvalue weighted by Crippen LogP contribution is -2.57. The number of nitrogens with zero attached hydrogens (tertiary/aromatic N) is 2. The molecule has 1 amide bonds. The zero-order valence-corrected chi connectivity index (χ0v) is 13.2. The summed E-state index contributed by atoms with van der Waals surface area (Å²) < 4.78 is 7.07. The minimum atomic E-state index is -0.141. The third kappa shape index (κ3) is 2.74. The van der Waals surface area contributed by atoms with Crippen molar-refractivity contribution >= 4 is 27.5 Å². The van der Waals surface area contributed by atoms with Gasteiger partial charge in [-0.25, -0.2) is 4.98 Å². The van der Waals surface area contributed by atoms with Crippen LogP contribution in [-0.4, -0.2) is 47.6 Å². The molecule has 1 aromatic carbocycles. The van der Waals surface area contributed by atoms with Crippen LogP contribution < -0.4 is 5.32 Å². The number of hydrogen-bond donors (Lipinski definition) is 1. The first-order chi connectivity index (χ1) is 10.7. The summed E-state index contributed by atoms with van der Waals surface area (Å²) in [6, 6.07) is 8.29. The standard InChI is InChI=1S/C16H19N3O2S/c20-14-10-21-16(11-17-14)5-7-19(8-6-16)9-15-18-12-3-1-2-4-13(12)22-15/h1-4H,5-11H2,(H,17,20). The van der Waals surface area contributed by atoms with Gasteiger partial charge in [-0.3, -0.25) is 9.69 Å². The predicted molar refractivity (Wildman–Crippen MR) is 85.8 cm³/mol. The van der Waals surface area contributed by atoms with Crippen LogP contribution in [-0.2, 0) is 16.1 Å². The number of carbonyl (C=O) groups is 1. The second-order valence-electron chi connectivity index (χ2n) is 6.10. The highest BCUT2D eigenvalue weighted by Crippen LogP contribution is 2.29. The highest BCUT2D eigenvalue weighted by molar-refractivity contribution is 7.18. The van der Waals surface area contributed by atoms with Crippen LogP contribution in [0.5, 0.6) is 0 Å². The summed E-state index contributed by atoms with van der Waals surface area (Å²) >= 11 is 1.78. The molecular formula is C16H19N3O2S. The summed E-state index contributed by atoms with van der Waals surface area (Å²) in [5.41, 5.74) is 0.951. The second kappa shape index (κ2) is 5.61. The predicted octanol–water partition coefficient (Wildman–Crippen LogP) is 1.78. The molecule has 6 heteroatoms. The van der Waals surface area contributed by atoms with E-state index < -0.39 is 0 Å². The Kier molecular flexibility index (Phi) is 3.60. The van der Waals surface area contributed by atoms with E-state index in [1.165, 1.54) is 9.71 Å². The van der Waals surface area contributed by atoms with E-state index in [9.17, 15) is 4.79 Å². The molecule has 1 spiro atoms. The molecule has 0 aliphatic carbocycles. The summed E-state index contributed by atoms with van der Waals surface area (Å²) in [5.74, 6) is 0.00234. The molecule has 3 heterocycles. The van der Waals surface area contributed by atoms with Crippen molar-refractivity contribution in [2.45, 2.75) is 25.0 Å². The van der Waals surface area contributed by atoms with E-state index >= 15 is 0 Å². The molecule has 0 unspecified atom stereocenters. The fraction of sp³-hybridized carbons (Fsp3) is 0.500. The van der Waals surface area contributed by atoms with Crippen LogP contribution in [0.4, 0.5) is 0 Å². The number of carbonyl (C=O) groups excluding carboxylic acids is 1. The molecule has 2 aliphatic rings. The number of benzene rings is 1. The van der Waals surface area contributed by atoms with Gasteiger partial charge in [0.25, 0.3) is 0 Å². The first kappa shape index (κ1) is 14.1. The minimum Gasteiger partial charge on any atom is -0.363 e. The van der Waals surface area contributed by atoms with Crippen molar-refractivity contribution in [3.63, 3.8) is 0 Å². The maximum atomic E-state index is 11.2. The number of hydrogen-bond acceptors (Lipinski definition) is 5. The van der Waals surface area contributed by atoms with Gasteiger partial charge in [-0.2, -0.15) is 0 Å². The highest BCUT2D eigenvalue weighted by Gasteiger charge is 2.38. The van der Waals surface area contributed by atoms with Crippen molar-refractivity contribution in [2.24, 2.45) is 0 Å². The Labute approximate surface area is 133 Å². The third-order valence-electron chi connectivity index (χ3n) is 4.58. The van der Waals surface area contributed by atoms with E-state index in [2.05, 4.69) is 28.4 Å². The molecule has 2 saturated heterocycles. The molecule has 0 saturated carbocycles. The number of nitrogens with one attached hydrogen (secondary N) is 1. The van der Waals surface area contributed by atoms with Crippen LogP contribution in [0.15, 0.2) is 24.3 Å². The summed E-state index contributed by atoms with van der Waals surface area (Å²) in [7, 11) is 0. The Morgan fingerprint density at radius 1 is 1.32 bits per heavy atom. The number of morpholine rings is 1. The van der Waals surface area contributed by atoms with E-state index in [1.807, 2.05) is 6.07 Å². The molecule has 2 fully saturated rings. The molecule has 2 aliphatic heterocycles. The van der Waals surface area contributed by atoms with Gasteiger partial charge in [0.05, 0.1) is 22.4 Å². The van der Waals surface area contributed by atoms with E-state index in [4.69, 9.17) is 9.72 Å². The molecule has 0 bridgehead atoms. The van der Waals surface area contributed by atoms with Crippen LogP contribution in [0, 0.1) is 0 Å². The Morgan fingerprint density at radius 2 is 2.14 bits per heavy atom. The Morgan fingerprint density at radius 3 is 2.86 bits per heavy atom. The Hall–Kier alpha value is -1.50. The number of likely N-dealkylation sites (tertiary alicyclic amines) is 1. The number of para-hydroxylation sites is 1. The first-order valence-corrected chi connectivity index (χ1v) is 8.52. The number of ether oxygens (including phenoxy) is 1. The van der Waals surface area contributed by atoms with Crippen molar-refractivity contribution in [1.82, 2.24) is 15.2 Å². The highest BCUT2D eigenvalue weighted by atomic mass is 32.1. The number of amides is 1. The molecule has 0 radical (unpaired) electrons. The topological polar surface area (TPSA) is 54.5 Å². The number of aromatic nitrogens is 1. The molecule has 0 atom stereocenters. The lowest BCUT2D eigenvalue weighted by molar-refractivity contribution is -0.150. The average Bonchev–Trinajstić information content (AvgIpc) is 2.95. The fourth-order valence-corrected chi connectivity index (χ4v) is 4.21. The molecular weight excluding hydrogens is 298 g/mol. The maximum Gasteiger partial charge on any atom is 0.246 e. The minimum absolute atomic E-state index is 0.00234. The van der Waals surface area contributed by atoms with Crippen molar-refractivity contribution < 1.29 is 9.53 Å². The molecule has 5 nitrogen and oxygen atoms in total. The normalized spacial score (nSPS) is 22.1. The zero-order valence-electron chi connectivity index (χ0n) is 12.4. The van der Waals surface area contributed by atoms with E-state index in [0.29, 0.717) is 6.54 Å². The molecule has 1 N–H and O–H groups in total. The van der Waals surface area contributed by atoms with Gasteiger partial charge >= 0.3 is 0 Å². The average molecular weight is 317 g/mol. The van der Waals surface area contributed by atoms with Crippen molar-refractivity contribution in [1.29, 1.82) is 0 Å². The molecule has 4 rings (SSSR count). The Bertz CT molecular complexity index is 647. The molecule has 22 heavy (non-hydrogen) atoms. The van der Waals surface area contributed by atoms with Gasteiger partial charge in [0.15, 0.2) is 0 Å².